The SMILES string of the molecule is CC(C)(C)c1ccc([CH]O)cc1[N+](=O)[O-]. The van der Waals surface area contributed by atoms with Gasteiger partial charge in [-0.1, -0.05) is 32.9 Å². The van der Waals surface area contributed by atoms with Crippen molar-refractivity contribution in [3.63, 3.8) is 0 Å². The van der Waals surface area contributed by atoms with E-state index in [0.717, 1.165) is 6.61 Å². The van der Waals surface area contributed by atoms with Crippen molar-refractivity contribution in [3.8, 4) is 0 Å². The zero-order chi connectivity index (χ0) is 11.6. The van der Waals surface area contributed by atoms with Crippen molar-refractivity contribution >= 4 is 5.69 Å². The number of nitro benzene ring substituents is 1. The molecule has 0 bridgehead atoms. The van der Waals surface area contributed by atoms with Gasteiger partial charge in [-0.05, 0) is 11.0 Å². The van der Waals surface area contributed by atoms with Crippen LogP contribution in [0.4, 0.5) is 5.69 Å². The van der Waals surface area contributed by atoms with E-state index in [9.17, 15) is 10.1 Å². The van der Waals surface area contributed by atoms with Crippen LogP contribution in [0, 0.1) is 16.7 Å². The van der Waals surface area contributed by atoms with E-state index in [1.807, 2.05) is 20.8 Å². The van der Waals surface area contributed by atoms with E-state index in [1.54, 1.807) is 12.1 Å². The lowest BCUT2D eigenvalue weighted by molar-refractivity contribution is -0.386. The van der Waals surface area contributed by atoms with Gasteiger partial charge in [-0.25, -0.2) is 0 Å². The highest BCUT2D eigenvalue weighted by Gasteiger charge is 2.24. The van der Waals surface area contributed by atoms with E-state index in [-0.39, 0.29) is 11.1 Å². The average Bonchev–Trinajstić information content (AvgIpc) is 2.15. The van der Waals surface area contributed by atoms with Crippen molar-refractivity contribution in [3.05, 3.63) is 46.0 Å². The number of hydrogen-bond donors (Lipinski definition) is 1. The predicted molar refractivity (Wildman–Crippen MR) is 57.1 cm³/mol. The lowest BCUT2D eigenvalue weighted by atomic mass is 9.85. The fraction of sp³-hybridized carbons (Fsp3) is 0.364. The predicted octanol–water partition coefficient (Wildman–Crippen LogP) is 2.77. The quantitative estimate of drug-likeness (QED) is 0.600. The smallest absolute Gasteiger partial charge is 0.273 e. The van der Waals surface area contributed by atoms with Gasteiger partial charge in [-0.15, -0.1) is 0 Å². The zero-order valence-corrected chi connectivity index (χ0v) is 9.02. The monoisotopic (exact) mass is 208 g/mol. The fourth-order valence-electron chi connectivity index (χ4n) is 1.41. The molecule has 0 atom stereocenters. The van der Waals surface area contributed by atoms with Gasteiger partial charge in [-0.2, -0.15) is 0 Å². The Bertz CT molecular complexity index is 380. The standard InChI is InChI=1S/C11H14NO3/c1-11(2,3)9-5-4-8(7-13)6-10(9)12(14)15/h4-7,13H,1-3H3. The maximum absolute atomic E-state index is 10.8. The Morgan fingerprint density at radius 1 is 1.40 bits per heavy atom. The van der Waals surface area contributed by atoms with Crippen LogP contribution in [0.5, 0.6) is 0 Å². The highest BCUT2D eigenvalue weighted by Crippen LogP contribution is 2.31. The molecule has 0 aliphatic carbocycles. The molecule has 15 heavy (non-hydrogen) atoms. The summed E-state index contributed by atoms with van der Waals surface area (Å²) in [6.45, 7) is 6.60. The molecule has 0 spiro atoms. The van der Waals surface area contributed by atoms with E-state index >= 15 is 0 Å². The van der Waals surface area contributed by atoms with Crippen LogP contribution in [-0.2, 0) is 5.41 Å². The second kappa shape index (κ2) is 3.98. The summed E-state index contributed by atoms with van der Waals surface area (Å²) in [5.74, 6) is 0. The Kier molecular flexibility index (Phi) is 3.09. The summed E-state index contributed by atoms with van der Waals surface area (Å²) in [5.41, 5.74) is 0.870. The van der Waals surface area contributed by atoms with Gasteiger partial charge < -0.3 is 5.11 Å². The maximum Gasteiger partial charge on any atom is 0.273 e. The molecule has 0 saturated heterocycles. The Hall–Kier alpha value is -1.42. The Balaban J connectivity index is 3.34. The number of nitro groups is 1. The lowest BCUT2D eigenvalue weighted by Gasteiger charge is -2.18. The molecule has 81 valence electrons. The maximum atomic E-state index is 10.8. The third-order valence-corrected chi connectivity index (χ3v) is 2.18. The molecule has 0 unspecified atom stereocenters. The topological polar surface area (TPSA) is 63.4 Å². The highest BCUT2D eigenvalue weighted by molar-refractivity contribution is 5.48. The Morgan fingerprint density at radius 2 is 2.00 bits per heavy atom. The van der Waals surface area contributed by atoms with Gasteiger partial charge in [0.05, 0.1) is 4.92 Å². The first-order valence-corrected chi connectivity index (χ1v) is 4.62. The number of benzene rings is 1. The van der Waals surface area contributed by atoms with Crippen molar-refractivity contribution in [2.24, 2.45) is 0 Å². The van der Waals surface area contributed by atoms with Crippen molar-refractivity contribution in [2.45, 2.75) is 26.2 Å². The van der Waals surface area contributed by atoms with E-state index in [1.165, 1.54) is 6.07 Å². The largest absolute Gasteiger partial charge is 0.385 e. The van der Waals surface area contributed by atoms with Gasteiger partial charge in [0.1, 0.15) is 6.61 Å². The van der Waals surface area contributed by atoms with Gasteiger partial charge in [-0.3, -0.25) is 10.1 Å². The molecule has 1 aromatic carbocycles. The molecule has 4 heteroatoms. The zero-order valence-electron chi connectivity index (χ0n) is 9.02. The number of rotatable bonds is 2. The molecule has 1 rings (SSSR count). The average molecular weight is 208 g/mol. The number of aliphatic hydroxyl groups is 1. The summed E-state index contributed by atoms with van der Waals surface area (Å²) in [6, 6.07) is 4.72. The van der Waals surface area contributed by atoms with Gasteiger partial charge >= 0.3 is 0 Å². The fourth-order valence-corrected chi connectivity index (χ4v) is 1.41. The summed E-state index contributed by atoms with van der Waals surface area (Å²) in [6.07, 6.45) is 0. The molecule has 0 heterocycles. The van der Waals surface area contributed by atoms with Crippen LogP contribution in [0.2, 0.25) is 0 Å². The van der Waals surface area contributed by atoms with Crippen LogP contribution in [0.1, 0.15) is 31.9 Å². The molecule has 0 saturated carbocycles. The molecule has 1 radical (unpaired) electrons. The lowest BCUT2D eigenvalue weighted by Crippen LogP contribution is -2.13. The van der Waals surface area contributed by atoms with E-state index < -0.39 is 4.92 Å². The summed E-state index contributed by atoms with van der Waals surface area (Å²) >= 11 is 0. The van der Waals surface area contributed by atoms with Gasteiger partial charge in [0.15, 0.2) is 0 Å². The highest BCUT2D eigenvalue weighted by atomic mass is 16.6. The molecule has 0 amide bonds. The van der Waals surface area contributed by atoms with Gasteiger partial charge in [0, 0.05) is 11.6 Å². The van der Waals surface area contributed by atoms with E-state index in [0.29, 0.717) is 11.1 Å². The summed E-state index contributed by atoms with van der Waals surface area (Å²) < 4.78 is 0. The van der Waals surface area contributed by atoms with Gasteiger partial charge in [0.2, 0.25) is 0 Å². The van der Waals surface area contributed by atoms with Crippen LogP contribution in [-0.4, -0.2) is 10.0 Å². The molecule has 0 fully saturated rings. The molecular weight excluding hydrogens is 194 g/mol. The van der Waals surface area contributed by atoms with Crippen LogP contribution in [0.25, 0.3) is 0 Å². The first kappa shape index (κ1) is 11.7. The van der Waals surface area contributed by atoms with Crippen LogP contribution in [0.3, 0.4) is 0 Å². The third-order valence-electron chi connectivity index (χ3n) is 2.18. The van der Waals surface area contributed by atoms with Gasteiger partial charge in [0.25, 0.3) is 5.69 Å². The van der Waals surface area contributed by atoms with Crippen molar-refractivity contribution in [1.29, 1.82) is 0 Å². The van der Waals surface area contributed by atoms with Crippen LogP contribution >= 0.6 is 0 Å². The molecular formula is C11H14NO3. The Morgan fingerprint density at radius 3 is 2.40 bits per heavy atom. The number of aliphatic hydroxyl groups excluding tert-OH is 1. The molecule has 0 aromatic heterocycles. The Labute approximate surface area is 88.7 Å². The molecule has 0 aliphatic heterocycles. The van der Waals surface area contributed by atoms with Crippen LogP contribution in [0.15, 0.2) is 18.2 Å². The molecule has 0 aliphatic rings. The first-order valence-electron chi connectivity index (χ1n) is 4.62. The van der Waals surface area contributed by atoms with Crippen molar-refractivity contribution in [2.75, 3.05) is 0 Å². The molecule has 4 nitrogen and oxygen atoms in total. The van der Waals surface area contributed by atoms with Crippen molar-refractivity contribution in [1.82, 2.24) is 0 Å². The molecule has 1 aromatic rings. The number of hydrogen-bond acceptors (Lipinski definition) is 3. The minimum absolute atomic E-state index is 0.0466. The van der Waals surface area contributed by atoms with Crippen molar-refractivity contribution < 1.29 is 10.0 Å². The summed E-state index contributed by atoms with van der Waals surface area (Å²) in [7, 11) is 0. The normalized spacial score (nSPS) is 11.5. The van der Waals surface area contributed by atoms with Crippen LogP contribution < -0.4 is 0 Å². The minimum atomic E-state index is -0.423. The first-order chi connectivity index (χ1) is 6.86. The minimum Gasteiger partial charge on any atom is -0.385 e. The summed E-state index contributed by atoms with van der Waals surface area (Å²) in [4.78, 5) is 10.4. The second-order valence-corrected chi connectivity index (χ2v) is 4.41. The number of nitrogens with zero attached hydrogens (tertiary/aromatic N) is 1. The molecule has 1 N–H and O–H groups in total. The second-order valence-electron chi connectivity index (χ2n) is 4.41. The third kappa shape index (κ3) is 2.53. The van der Waals surface area contributed by atoms with E-state index in [2.05, 4.69) is 0 Å². The van der Waals surface area contributed by atoms with E-state index in [4.69, 9.17) is 5.11 Å². The summed E-state index contributed by atoms with van der Waals surface area (Å²) in [5, 5.41) is 19.6.